The molecule has 1 aromatic carbocycles. The van der Waals surface area contributed by atoms with Crippen LogP contribution in [0, 0.1) is 22.0 Å². The second kappa shape index (κ2) is 4.76. The predicted molar refractivity (Wildman–Crippen MR) is 70.4 cm³/mol. The van der Waals surface area contributed by atoms with Gasteiger partial charge in [0.2, 0.25) is 6.04 Å². The minimum atomic E-state index is -0.601. The largest absolute Gasteiger partial charge is 0.299 e. The van der Waals surface area contributed by atoms with Crippen molar-refractivity contribution in [3.8, 4) is 0 Å². The molecule has 2 fully saturated rings. The summed E-state index contributed by atoms with van der Waals surface area (Å²) in [5.41, 5.74) is 0.947. The first-order valence-corrected chi connectivity index (χ1v) is 6.90. The molecule has 100 valence electrons. The molecule has 2 bridgehead atoms. The van der Waals surface area contributed by atoms with Crippen LogP contribution in [0.4, 0.5) is 0 Å². The van der Waals surface area contributed by atoms with Crippen LogP contribution in [0.2, 0.25) is 0 Å². The molecule has 3 rings (SSSR count). The first-order chi connectivity index (χ1) is 9.18. The van der Waals surface area contributed by atoms with Gasteiger partial charge >= 0.3 is 0 Å². The SMILES string of the molecule is O=C1C2CCCC1C(c1ccccc1)C([N+](=O)[O-])C2. The van der Waals surface area contributed by atoms with E-state index in [0.717, 1.165) is 24.8 Å². The van der Waals surface area contributed by atoms with E-state index in [2.05, 4.69) is 0 Å². The maximum Gasteiger partial charge on any atom is 0.221 e. The van der Waals surface area contributed by atoms with E-state index in [1.165, 1.54) is 0 Å². The summed E-state index contributed by atoms with van der Waals surface area (Å²) >= 11 is 0. The van der Waals surface area contributed by atoms with Crippen LogP contribution in [0.5, 0.6) is 0 Å². The molecule has 1 aromatic rings. The zero-order chi connectivity index (χ0) is 13.4. The van der Waals surface area contributed by atoms with E-state index in [0.29, 0.717) is 6.42 Å². The molecule has 2 aliphatic carbocycles. The predicted octanol–water partition coefficient (Wildman–Crippen LogP) is 2.80. The minimum absolute atomic E-state index is 0.0749. The van der Waals surface area contributed by atoms with E-state index < -0.39 is 6.04 Å². The normalized spacial score (nSPS) is 34.0. The Morgan fingerprint density at radius 1 is 1.16 bits per heavy atom. The first kappa shape index (κ1) is 12.3. The average molecular weight is 259 g/mol. The minimum Gasteiger partial charge on any atom is -0.299 e. The Bertz CT molecular complexity index is 497. The zero-order valence-corrected chi connectivity index (χ0v) is 10.7. The van der Waals surface area contributed by atoms with Crippen LogP contribution in [0.25, 0.3) is 0 Å². The van der Waals surface area contributed by atoms with E-state index >= 15 is 0 Å². The lowest BCUT2D eigenvalue weighted by Crippen LogP contribution is -2.47. The number of fused-ring (bicyclic) bond motifs is 2. The molecule has 0 radical (unpaired) electrons. The summed E-state index contributed by atoms with van der Waals surface area (Å²) < 4.78 is 0. The lowest BCUT2D eigenvalue weighted by molar-refractivity contribution is -0.532. The molecular weight excluding hydrogens is 242 g/mol. The second-order valence-corrected chi connectivity index (χ2v) is 5.66. The van der Waals surface area contributed by atoms with E-state index in [1.807, 2.05) is 30.3 Å². The third kappa shape index (κ3) is 2.05. The second-order valence-electron chi connectivity index (χ2n) is 5.66. The van der Waals surface area contributed by atoms with Gasteiger partial charge in [-0.25, -0.2) is 0 Å². The lowest BCUT2D eigenvalue weighted by Gasteiger charge is -2.40. The number of hydrogen-bond acceptors (Lipinski definition) is 3. The molecule has 4 atom stereocenters. The molecule has 4 nitrogen and oxygen atoms in total. The number of rotatable bonds is 2. The fourth-order valence-corrected chi connectivity index (χ4v) is 3.82. The van der Waals surface area contributed by atoms with Gasteiger partial charge in [0, 0.05) is 23.2 Å². The van der Waals surface area contributed by atoms with Crippen molar-refractivity contribution in [3.63, 3.8) is 0 Å². The highest BCUT2D eigenvalue weighted by Crippen LogP contribution is 2.46. The van der Waals surface area contributed by atoms with Gasteiger partial charge in [0.25, 0.3) is 0 Å². The Labute approximate surface area is 112 Å². The topological polar surface area (TPSA) is 60.2 Å². The number of carbonyl (C=O) groups excluding carboxylic acids is 1. The van der Waals surface area contributed by atoms with Gasteiger partial charge in [0.1, 0.15) is 5.78 Å². The Hall–Kier alpha value is -1.71. The molecule has 4 heteroatoms. The van der Waals surface area contributed by atoms with Crippen molar-refractivity contribution < 1.29 is 9.72 Å². The van der Waals surface area contributed by atoms with E-state index in [4.69, 9.17) is 0 Å². The lowest BCUT2D eigenvalue weighted by atomic mass is 9.62. The standard InChI is InChI=1S/C15H17NO3/c17-15-11-7-4-8-12(15)14(13(9-11)16(18)19)10-5-2-1-3-6-10/h1-3,5-6,11-14H,4,7-9H2. The highest BCUT2D eigenvalue weighted by Gasteiger charge is 2.51. The quantitative estimate of drug-likeness (QED) is 0.606. The molecular formula is C15H17NO3. The van der Waals surface area contributed by atoms with E-state index in [1.54, 1.807) is 0 Å². The smallest absolute Gasteiger partial charge is 0.221 e. The van der Waals surface area contributed by atoms with Crippen LogP contribution in [-0.4, -0.2) is 16.7 Å². The Morgan fingerprint density at radius 2 is 1.89 bits per heavy atom. The molecule has 0 N–H and O–H groups in total. The summed E-state index contributed by atoms with van der Waals surface area (Å²) in [4.78, 5) is 23.5. The van der Waals surface area contributed by atoms with Crippen molar-refractivity contribution in [2.75, 3.05) is 0 Å². The molecule has 4 unspecified atom stereocenters. The van der Waals surface area contributed by atoms with Crippen LogP contribution >= 0.6 is 0 Å². The van der Waals surface area contributed by atoms with E-state index in [-0.39, 0.29) is 28.5 Å². The fraction of sp³-hybridized carbons (Fsp3) is 0.533. The molecule has 19 heavy (non-hydrogen) atoms. The number of ketones is 1. The fourth-order valence-electron chi connectivity index (χ4n) is 3.82. The highest BCUT2D eigenvalue weighted by molar-refractivity contribution is 5.86. The van der Waals surface area contributed by atoms with Crippen molar-refractivity contribution in [2.24, 2.45) is 11.8 Å². The molecule has 0 aromatic heterocycles. The van der Waals surface area contributed by atoms with Gasteiger partial charge in [0.05, 0.1) is 5.92 Å². The average Bonchev–Trinajstić information content (AvgIpc) is 2.39. The number of nitro groups is 1. The third-order valence-electron chi connectivity index (χ3n) is 4.66. The molecule has 0 heterocycles. The van der Waals surface area contributed by atoms with Gasteiger partial charge in [-0.05, 0) is 18.4 Å². The summed E-state index contributed by atoms with van der Waals surface area (Å²) in [6.45, 7) is 0. The van der Waals surface area contributed by atoms with Gasteiger partial charge in [-0.3, -0.25) is 14.9 Å². The van der Waals surface area contributed by atoms with Crippen molar-refractivity contribution in [2.45, 2.75) is 37.6 Å². The van der Waals surface area contributed by atoms with Crippen LogP contribution in [0.1, 0.15) is 37.2 Å². The van der Waals surface area contributed by atoms with Gasteiger partial charge in [-0.1, -0.05) is 36.8 Å². The van der Waals surface area contributed by atoms with Crippen molar-refractivity contribution in [1.82, 2.24) is 0 Å². The summed E-state index contributed by atoms with van der Waals surface area (Å²) in [7, 11) is 0. The Balaban J connectivity index is 2.01. The van der Waals surface area contributed by atoms with Crippen LogP contribution in [0.3, 0.4) is 0 Å². The van der Waals surface area contributed by atoms with Gasteiger partial charge < -0.3 is 0 Å². The van der Waals surface area contributed by atoms with Crippen molar-refractivity contribution in [3.05, 3.63) is 46.0 Å². The van der Waals surface area contributed by atoms with Crippen LogP contribution in [0.15, 0.2) is 30.3 Å². The maximum absolute atomic E-state index is 12.3. The van der Waals surface area contributed by atoms with Crippen LogP contribution < -0.4 is 0 Å². The van der Waals surface area contributed by atoms with Gasteiger partial charge in [0.15, 0.2) is 0 Å². The highest BCUT2D eigenvalue weighted by atomic mass is 16.6. The third-order valence-corrected chi connectivity index (χ3v) is 4.66. The number of hydrogen-bond donors (Lipinski definition) is 0. The summed E-state index contributed by atoms with van der Waals surface area (Å²) in [6.07, 6.45) is 3.08. The number of Topliss-reactive ketones (excluding diaryl/α,β-unsaturated/α-hetero) is 1. The summed E-state index contributed by atoms with van der Waals surface area (Å²) in [5.74, 6) is -0.196. The summed E-state index contributed by atoms with van der Waals surface area (Å²) in [6, 6.07) is 8.93. The molecule has 0 amide bonds. The van der Waals surface area contributed by atoms with Crippen molar-refractivity contribution in [1.29, 1.82) is 0 Å². The Kier molecular flexibility index (Phi) is 3.09. The maximum atomic E-state index is 12.3. The van der Waals surface area contributed by atoms with E-state index in [9.17, 15) is 14.9 Å². The number of carbonyl (C=O) groups is 1. The number of benzene rings is 1. The monoisotopic (exact) mass is 259 g/mol. The van der Waals surface area contributed by atoms with Crippen LogP contribution in [-0.2, 0) is 4.79 Å². The van der Waals surface area contributed by atoms with Crippen molar-refractivity contribution >= 4 is 5.78 Å². The first-order valence-electron chi connectivity index (χ1n) is 6.90. The number of nitrogens with zero attached hydrogens (tertiary/aromatic N) is 1. The Morgan fingerprint density at radius 3 is 2.58 bits per heavy atom. The summed E-state index contributed by atoms with van der Waals surface area (Å²) in [5, 5.41) is 11.4. The zero-order valence-electron chi connectivity index (χ0n) is 10.7. The molecule has 0 saturated heterocycles. The molecule has 2 aliphatic rings. The molecule has 0 spiro atoms. The molecule has 0 aliphatic heterocycles. The molecule has 2 saturated carbocycles. The van der Waals surface area contributed by atoms with Gasteiger partial charge in [-0.2, -0.15) is 0 Å². The van der Waals surface area contributed by atoms with Gasteiger partial charge in [-0.15, -0.1) is 0 Å².